The number of rotatable bonds is 0. The van der Waals surface area contributed by atoms with Gasteiger partial charge in [-0.25, -0.2) is 0 Å². The Morgan fingerprint density at radius 1 is 1.64 bits per heavy atom. The van der Waals surface area contributed by atoms with E-state index in [1.54, 1.807) is 0 Å². The molecule has 0 bridgehead atoms. The number of nitrogens with zero attached hydrogens (tertiary/aromatic N) is 4. The van der Waals surface area contributed by atoms with Crippen molar-refractivity contribution in [2.24, 2.45) is 4.99 Å². The molecule has 6 heteroatoms. The van der Waals surface area contributed by atoms with Gasteiger partial charge < -0.3 is 0 Å². The number of aliphatic imine (C=N–C) groups is 1. The second-order valence-electron chi connectivity index (χ2n) is 1.81. The van der Waals surface area contributed by atoms with E-state index in [1.165, 1.54) is 17.1 Å². The lowest BCUT2D eigenvalue weighted by molar-refractivity contribution is 0.881. The summed E-state index contributed by atoms with van der Waals surface area (Å²) in [5.74, 6) is 1.20. The van der Waals surface area contributed by atoms with Crippen LogP contribution in [0.2, 0.25) is 0 Å². The average molecular weight is 171 g/mol. The van der Waals surface area contributed by atoms with Gasteiger partial charge in [-0.1, -0.05) is 5.21 Å². The molecule has 0 spiro atoms. The first-order valence-corrected chi connectivity index (χ1v) is 4.18. The number of H-pyrrole nitrogens is 1. The Morgan fingerprint density at radius 3 is 2.73 bits per heavy atom. The van der Waals surface area contributed by atoms with Gasteiger partial charge in [0.05, 0.1) is 5.04 Å². The van der Waals surface area contributed by atoms with Gasteiger partial charge in [0.25, 0.3) is 0 Å². The van der Waals surface area contributed by atoms with Gasteiger partial charge in [0.2, 0.25) is 0 Å². The van der Waals surface area contributed by atoms with Crippen molar-refractivity contribution in [2.45, 2.75) is 6.92 Å². The van der Waals surface area contributed by atoms with Gasteiger partial charge in [-0.05, 0) is 6.92 Å². The van der Waals surface area contributed by atoms with Crippen LogP contribution < -0.4 is 0 Å². The van der Waals surface area contributed by atoms with Crippen molar-refractivity contribution in [3.8, 4) is 0 Å². The maximum atomic E-state index is 4.12. The van der Waals surface area contributed by atoms with Gasteiger partial charge in [-0.3, -0.25) is 4.99 Å². The first kappa shape index (κ1) is 8.19. The highest BCUT2D eigenvalue weighted by atomic mass is 32.2. The molecule has 0 unspecified atom stereocenters. The summed E-state index contributed by atoms with van der Waals surface area (Å²) in [5.41, 5.74) is 0. The van der Waals surface area contributed by atoms with Crippen LogP contribution in [0, 0.1) is 0 Å². The van der Waals surface area contributed by atoms with Gasteiger partial charge in [-0.15, -0.1) is 22.0 Å². The lowest BCUT2D eigenvalue weighted by Crippen LogP contribution is -1.70. The number of tetrazole rings is 1. The lowest BCUT2D eigenvalue weighted by Gasteiger charge is -1.76. The Kier molecular flexibility index (Phi) is 3.60. The molecular weight excluding hydrogens is 162 g/mol. The monoisotopic (exact) mass is 171 g/mol. The molecule has 0 saturated carbocycles. The summed E-state index contributed by atoms with van der Waals surface area (Å²) in [7, 11) is 0. The molecule has 60 valence electrons. The van der Waals surface area contributed by atoms with Crippen LogP contribution in [-0.4, -0.2) is 38.0 Å². The number of aromatic nitrogens is 4. The van der Waals surface area contributed by atoms with E-state index in [-0.39, 0.29) is 0 Å². The van der Waals surface area contributed by atoms with Crippen molar-refractivity contribution >= 4 is 16.8 Å². The van der Waals surface area contributed by atoms with Gasteiger partial charge >= 0.3 is 0 Å². The molecule has 1 aliphatic rings. The van der Waals surface area contributed by atoms with Crippen molar-refractivity contribution in [3.63, 3.8) is 0 Å². The molecule has 2 rings (SSSR count). The van der Waals surface area contributed by atoms with Crippen molar-refractivity contribution < 1.29 is 0 Å². The Hall–Kier alpha value is -0.910. The molecule has 0 radical (unpaired) electrons. The molecule has 5 nitrogen and oxygen atoms in total. The van der Waals surface area contributed by atoms with Crippen LogP contribution in [0.5, 0.6) is 0 Å². The molecule has 0 aromatic carbocycles. The molecular formula is C5H9N5S. The highest BCUT2D eigenvalue weighted by Gasteiger charge is 1.97. The fourth-order valence-corrected chi connectivity index (χ4v) is 1.23. The molecule has 2 heterocycles. The number of thioether (sulfide) groups is 1. The van der Waals surface area contributed by atoms with Crippen molar-refractivity contribution in [1.29, 1.82) is 0 Å². The van der Waals surface area contributed by atoms with E-state index in [2.05, 4.69) is 32.5 Å². The average Bonchev–Trinajstić information content (AvgIpc) is 2.57. The molecule has 0 aliphatic carbocycles. The van der Waals surface area contributed by atoms with E-state index in [0.717, 1.165) is 6.54 Å². The first-order chi connectivity index (χ1) is 5.39. The highest BCUT2D eigenvalue weighted by Crippen LogP contribution is 2.09. The molecule has 1 aliphatic heterocycles. The van der Waals surface area contributed by atoms with Gasteiger partial charge in [0.1, 0.15) is 0 Å². The SMILES string of the molecule is CC1=NCCS1.c1nn[nH]n1. The second kappa shape index (κ2) is 4.84. The molecule has 1 N–H and O–H groups in total. The maximum Gasteiger partial charge on any atom is 0.161 e. The summed E-state index contributed by atoms with van der Waals surface area (Å²) in [4.78, 5) is 4.12. The zero-order valence-electron chi connectivity index (χ0n) is 6.19. The zero-order valence-corrected chi connectivity index (χ0v) is 7.01. The number of hydrogen-bond acceptors (Lipinski definition) is 5. The highest BCUT2D eigenvalue weighted by molar-refractivity contribution is 8.14. The fraction of sp³-hybridized carbons (Fsp3) is 0.600. The summed E-state index contributed by atoms with van der Waals surface area (Å²) in [6, 6.07) is 0. The van der Waals surface area contributed by atoms with Crippen LogP contribution in [0.4, 0.5) is 0 Å². The summed E-state index contributed by atoms with van der Waals surface area (Å²) in [6.45, 7) is 3.09. The Morgan fingerprint density at radius 2 is 2.55 bits per heavy atom. The van der Waals surface area contributed by atoms with E-state index >= 15 is 0 Å². The van der Waals surface area contributed by atoms with Gasteiger partial charge in [0, 0.05) is 12.3 Å². The molecule has 0 saturated heterocycles. The van der Waals surface area contributed by atoms with Crippen LogP contribution >= 0.6 is 11.8 Å². The van der Waals surface area contributed by atoms with Crippen molar-refractivity contribution in [1.82, 2.24) is 20.6 Å². The van der Waals surface area contributed by atoms with Crippen molar-refractivity contribution in [2.75, 3.05) is 12.3 Å². The quantitative estimate of drug-likeness (QED) is 0.611. The minimum Gasteiger partial charge on any atom is -0.282 e. The van der Waals surface area contributed by atoms with Crippen molar-refractivity contribution in [3.05, 3.63) is 6.33 Å². The summed E-state index contributed by atoms with van der Waals surface area (Å²) in [6.07, 6.45) is 1.33. The standard InChI is InChI=1S/C4H7NS.CH2N4/c1-4-5-2-3-6-4;1-2-4-5-3-1/h2-3H2,1H3;1H,(H,2,3,4,5). The van der Waals surface area contributed by atoms with Gasteiger partial charge in [0.15, 0.2) is 6.33 Å². The topological polar surface area (TPSA) is 66.8 Å². The molecule has 0 atom stereocenters. The number of nitrogens with one attached hydrogen (secondary N) is 1. The van der Waals surface area contributed by atoms with Crippen LogP contribution in [-0.2, 0) is 0 Å². The molecule has 0 amide bonds. The number of hydrogen-bond donors (Lipinski definition) is 1. The van der Waals surface area contributed by atoms with E-state index < -0.39 is 0 Å². The zero-order chi connectivity index (χ0) is 7.94. The Balaban J connectivity index is 0.000000112. The van der Waals surface area contributed by atoms with Gasteiger partial charge in [-0.2, -0.15) is 5.21 Å². The Bertz CT molecular complexity index is 189. The third kappa shape index (κ3) is 3.72. The smallest absolute Gasteiger partial charge is 0.161 e. The number of aromatic amines is 1. The predicted octanol–water partition coefficient (Wildman–Crippen LogP) is 0.351. The molecule has 11 heavy (non-hydrogen) atoms. The lowest BCUT2D eigenvalue weighted by atomic mass is 10.8. The second-order valence-corrected chi connectivity index (χ2v) is 3.10. The molecule has 1 aromatic rings. The normalized spacial score (nSPS) is 15.2. The van der Waals surface area contributed by atoms with Crippen LogP contribution in [0.3, 0.4) is 0 Å². The van der Waals surface area contributed by atoms with Crippen LogP contribution in [0.15, 0.2) is 11.3 Å². The van der Waals surface area contributed by atoms with Crippen LogP contribution in [0.25, 0.3) is 0 Å². The fourth-order valence-electron chi connectivity index (χ4n) is 0.571. The van der Waals surface area contributed by atoms with E-state index in [0.29, 0.717) is 0 Å². The minimum absolute atomic E-state index is 1.04. The van der Waals surface area contributed by atoms with E-state index in [4.69, 9.17) is 0 Å². The molecule has 1 aromatic heterocycles. The minimum atomic E-state index is 1.04. The Labute approximate surface area is 68.7 Å². The van der Waals surface area contributed by atoms with E-state index in [9.17, 15) is 0 Å². The van der Waals surface area contributed by atoms with Crippen LogP contribution in [0.1, 0.15) is 6.92 Å². The summed E-state index contributed by atoms with van der Waals surface area (Å²) >= 11 is 1.85. The predicted molar refractivity (Wildman–Crippen MR) is 44.6 cm³/mol. The first-order valence-electron chi connectivity index (χ1n) is 3.20. The summed E-state index contributed by atoms with van der Waals surface area (Å²) in [5, 5.41) is 13.4. The maximum absolute atomic E-state index is 4.12. The third-order valence-electron chi connectivity index (χ3n) is 1.01. The largest absolute Gasteiger partial charge is 0.282 e. The third-order valence-corrected chi connectivity index (χ3v) is 1.94. The van der Waals surface area contributed by atoms with E-state index in [1.807, 2.05) is 11.8 Å². The summed E-state index contributed by atoms with van der Waals surface area (Å²) < 4.78 is 0. The molecule has 0 fully saturated rings.